The van der Waals surface area contributed by atoms with E-state index in [1.54, 1.807) is 51.1 Å². The summed E-state index contributed by atoms with van der Waals surface area (Å²) in [4.78, 5) is 25.7. The summed E-state index contributed by atoms with van der Waals surface area (Å²) in [7, 11) is 0. The number of hydrogen-bond donors (Lipinski definition) is 3. The molecule has 154 valence electrons. The summed E-state index contributed by atoms with van der Waals surface area (Å²) >= 11 is 0. The third kappa shape index (κ3) is 7.08. The first-order chi connectivity index (χ1) is 13.2. The Morgan fingerprint density at radius 2 is 1.82 bits per heavy atom. The number of rotatable bonds is 5. The fourth-order valence-corrected chi connectivity index (χ4v) is 2.41. The number of carbonyl (C=O) groups is 2. The second kappa shape index (κ2) is 10.5. The number of aliphatic hydroxyl groups is 1. The second-order valence-electron chi connectivity index (χ2n) is 6.88. The lowest BCUT2D eigenvalue weighted by Gasteiger charge is -2.26. The largest absolute Gasteiger partial charge is 0.508 e. The fourth-order valence-electron chi connectivity index (χ4n) is 2.41. The predicted molar refractivity (Wildman–Crippen MR) is 110 cm³/mol. The number of benzene rings is 2. The molecular formula is C21H30N2O5. The Balaban J connectivity index is 0.00000190. The maximum atomic E-state index is 12.4. The molecule has 2 aromatic carbocycles. The molecule has 2 amide bonds. The number of phenolic OH excluding ortho intramolecular Hbond substituents is 1. The molecule has 0 aliphatic carbocycles. The van der Waals surface area contributed by atoms with Gasteiger partial charge >= 0.3 is 6.09 Å². The first kappa shape index (κ1) is 23.2. The molecule has 0 spiro atoms. The van der Waals surface area contributed by atoms with Crippen LogP contribution >= 0.6 is 0 Å². The smallest absolute Gasteiger partial charge is 0.410 e. The first-order valence-electron chi connectivity index (χ1n) is 9.30. The van der Waals surface area contributed by atoms with Gasteiger partial charge in [-0.3, -0.25) is 9.69 Å². The van der Waals surface area contributed by atoms with E-state index >= 15 is 0 Å². The van der Waals surface area contributed by atoms with Crippen molar-refractivity contribution in [3.63, 3.8) is 0 Å². The molecule has 0 aromatic heterocycles. The van der Waals surface area contributed by atoms with Crippen molar-refractivity contribution in [3.05, 3.63) is 36.4 Å². The van der Waals surface area contributed by atoms with Gasteiger partial charge in [0.1, 0.15) is 17.9 Å². The third-order valence-electron chi connectivity index (χ3n) is 3.50. The molecule has 3 N–H and O–H groups in total. The molecule has 0 saturated carbocycles. The number of hydrogen-bond acceptors (Lipinski definition) is 5. The van der Waals surface area contributed by atoms with Crippen LogP contribution in [0.25, 0.3) is 10.8 Å². The number of ether oxygens (including phenoxy) is 1. The van der Waals surface area contributed by atoms with Gasteiger partial charge in [-0.25, -0.2) is 4.79 Å². The molecule has 0 unspecified atom stereocenters. The summed E-state index contributed by atoms with van der Waals surface area (Å²) < 4.78 is 5.25. The Bertz CT molecular complexity index is 799. The molecule has 2 rings (SSSR count). The van der Waals surface area contributed by atoms with Gasteiger partial charge in [-0.1, -0.05) is 32.0 Å². The van der Waals surface area contributed by atoms with Gasteiger partial charge in [0.05, 0.1) is 6.61 Å². The molecule has 2 aromatic rings. The van der Waals surface area contributed by atoms with Crippen molar-refractivity contribution in [1.29, 1.82) is 0 Å². The normalized spacial score (nSPS) is 10.6. The summed E-state index contributed by atoms with van der Waals surface area (Å²) in [5, 5.41) is 23.1. The third-order valence-corrected chi connectivity index (χ3v) is 3.50. The number of aromatic hydroxyl groups is 1. The van der Waals surface area contributed by atoms with Gasteiger partial charge in [0.2, 0.25) is 5.91 Å². The predicted octanol–water partition coefficient (Wildman–Crippen LogP) is 3.74. The summed E-state index contributed by atoms with van der Waals surface area (Å²) in [5.74, 6) is -0.338. The highest BCUT2D eigenvalue weighted by Gasteiger charge is 2.23. The molecule has 7 heteroatoms. The Labute approximate surface area is 165 Å². The van der Waals surface area contributed by atoms with E-state index in [2.05, 4.69) is 5.32 Å². The van der Waals surface area contributed by atoms with Gasteiger partial charge < -0.3 is 20.3 Å². The average molecular weight is 390 g/mol. The Hall–Kier alpha value is -2.80. The molecular weight excluding hydrogens is 360 g/mol. The van der Waals surface area contributed by atoms with E-state index in [1.807, 2.05) is 19.9 Å². The molecule has 0 aliphatic heterocycles. The van der Waals surface area contributed by atoms with Crippen LogP contribution in [0, 0.1) is 0 Å². The highest BCUT2D eigenvalue weighted by atomic mass is 16.6. The molecule has 0 fully saturated rings. The van der Waals surface area contributed by atoms with Crippen LogP contribution in [-0.2, 0) is 9.53 Å². The number of phenols is 1. The molecule has 28 heavy (non-hydrogen) atoms. The number of aliphatic hydroxyl groups excluding tert-OH is 1. The molecule has 7 nitrogen and oxygen atoms in total. The van der Waals surface area contributed by atoms with E-state index in [9.17, 15) is 14.7 Å². The van der Waals surface area contributed by atoms with E-state index in [1.165, 1.54) is 0 Å². The standard InChI is InChI=1S/C19H24N2O5.C2H6/c1-19(2,3)26-18(25)21(9-10-22)12-17(24)20-16-6-4-5-13-7-8-14(23)11-15(13)16;1-2/h4-8,11,22-23H,9-10,12H2,1-3H3,(H,20,24);1-2H3. The van der Waals surface area contributed by atoms with Gasteiger partial charge in [0, 0.05) is 17.6 Å². The van der Waals surface area contributed by atoms with Crippen LogP contribution in [0.3, 0.4) is 0 Å². The van der Waals surface area contributed by atoms with E-state index in [0.29, 0.717) is 11.1 Å². The van der Waals surface area contributed by atoms with E-state index in [-0.39, 0.29) is 25.4 Å². The van der Waals surface area contributed by atoms with Crippen molar-refractivity contribution in [3.8, 4) is 5.75 Å². The molecule has 0 radical (unpaired) electrons. The highest BCUT2D eigenvalue weighted by molar-refractivity contribution is 6.03. The molecule has 0 atom stereocenters. The van der Waals surface area contributed by atoms with E-state index < -0.39 is 17.6 Å². The Morgan fingerprint density at radius 3 is 2.43 bits per heavy atom. The number of nitrogens with zero attached hydrogens (tertiary/aromatic N) is 1. The average Bonchev–Trinajstić information content (AvgIpc) is 2.62. The van der Waals surface area contributed by atoms with Crippen molar-refractivity contribution in [2.24, 2.45) is 0 Å². The van der Waals surface area contributed by atoms with Crippen LogP contribution in [0.15, 0.2) is 36.4 Å². The van der Waals surface area contributed by atoms with Crippen molar-refractivity contribution in [2.45, 2.75) is 40.2 Å². The van der Waals surface area contributed by atoms with Crippen LogP contribution in [0.5, 0.6) is 5.75 Å². The van der Waals surface area contributed by atoms with Crippen molar-refractivity contribution in [2.75, 3.05) is 25.0 Å². The number of amides is 2. The SMILES string of the molecule is CC.CC(C)(C)OC(=O)N(CCO)CC(=O)Nc1cccc2ccc(O)cc12. The minimum absolute atomic E-state index is 0.0152. The van der Waals surface area contributed by atoms with E-state index in [4.69, 9.17) is 9.84 Å². The van der Waals surface area contributed by atoms with E-state index in [0.717, 1.165) is 10.3 Å². The lowest BCUT2D eigenvalue weighted by atomic mass is 10.1. The Morgan fingerprint density at radius 1 is 1.14 bits per heavy atom. The molecule has 0 aliphatic rings. The number of fused-ring (bicyclic) bond motifs is 1. The second-order valence-corrected chi connectivity index (χ2v) is 6.88. The minimum Gasteiger partial charge on any atom is -0.508 e. The summed E-state index contributed by atoms with van der Waals surface area (Å²) in [6, 6.07) is 10.2. The van der Waals surface area contributed by atoms with Crippen LogP contribution in [0.4, 0.5) is 10.5 Å². The number of nitrogens with one attached hydrogen (secondary N) is 1. The van der Waals surface area contributed by atoms with Gasteiger partial charge in [0.15, 0.2) is 0 Å². The minimum atomic E-state index is -0.700. The highest BCUT2D eigenvalue weighted by Crippen LogP contribution is 2.27. The molecule has 0 bridgehead atoms. The van der Waals surface area contributed by atoms with Crippen molar-refractivity contribution >= 4 is 28.5 Å². The van der Waals surface area contributed by atoms with Crippen molar-refractivity contribution < 1.29 is 24.5 Å². The zero-order valence-corrected chi connectivity index (χ0v) is 17.2. The van der Waals surface area contributed by atoms with Crippen LogP contribution in [-0.4, -0.2) is 52.4 Å². The zero-order chi connectivity index (χ0) is 21.3. The summed E-state index contributed by atoms with van der Waals surface area (Å²) in [6.07, 6.45) is -0.669. The zero-order valence-electron chi connectivity index (χ0n) is 17.2. The van der Waals surface area contributed by atoms with Crippen LogP contribution < -0.4 is 5.32 Å². The summed E-state index contributed by atoms with van der Waals surface area (Å²) in [6.45, 7) is 8.62. The van der Waals surface area contributed by atoms with Crippen LogP contribution in [0.2, 0.25) is 0 Å². The monoisotopic (exact) mass is 390 g/mol. The fraction of sp³-hybridized carbons (Fsp3) is 0.429. The first-order valence-corrected chi connectivity index (χ1v) is 9.30. The lowest BCUT2D eigenvalue weighted by Crippen LogP contribution is -2.42. The summed E-state index contributed by atoms with van der Waals surface area (Å²) in [5.41, 5.74) is -0.175. The topological polar surface area (TPSA) is 99.1 Å². The molecule has 0 heterocycles. The van der Waals surface area contributed by atoms with Crippen molar-refractivity contribution in [1.82, 2.24) is 4.90 Å². The van der Waals surface area contributed by atoms with Crippen LogP contribution in [0.1, 0.15) is 34.6 Å². The van der Waals surface area contributed by atoms with Gasteiger partial charge in [-0.05, 0) is 44.4 Å². The molecule has 0 saturated heterocycles. The number of anilines is 1. The van der Waals surface area contributed by atoms with Gasteiger partial charge in [-0.15, -0.1) is 0 Å². The van der Waals surface area contributed by atoms with Gasteiger partial charge in [-0.2, -0.15) is 0 Å². The lowest BCUT2D eigenvalue weighted by molar-refractivity contribution is -0.117. The maximum Gasteiger partial charge on any atom is 0.410 e. The number of carbonyl (C=O) groups excluding carboxylic acids is 2. The quantitative estimate of drug-likeness (QED) is 0.722. The maximum absolute atomic E-state index is 12.4. The Kier molecular flexibility index (Phi) is 8.73. The van der Waals surface area contributed by atoms with Gasteiger partial charge in [0.25, 0.3) is 0 Å².